The summed E-state index contributed by atoms with van der Waals surface area (Å²) in [6, 6.07) is 12.3. The van der Waals surface area contributed by atoms with Crippen LogP contribution in [0.4, 0.5) is 0 Å². The number of likely N-dealkylation sites (tertiary alicyclic amines) is 2. The molecule has 146 valence electrons. The van der Waals surface area contributed by atoms with Gasteiger partial charge in [0.25, 0.3) is 11.5 Å². The van der Waals surface area contributed by atoms with E-state index in [-0.39, 0.29) is 41.3 Å². The van der Waals surface area contributed by atoms with Gasteiger partial charge < -0.3 is 9.88 Å². The zero-order valence-electron chi connectivity index (χ0n) is 14.8. The van der Waals surface area contributed by atoms with E-state index in [4.69, 9.17) is 11.6 Å². The van der Waals surface area contributed by atoms with E-state index in [1.54, 1.807) is 0 Å². The highest BCUT2D eigenvalue weighted by Gasteiger charge is 2.47. The monoisotopic (exact) mass is 429 g/mol. The summed E-state index contributed by atoms with van der Waals surface area (Å²) < 4.78 is 0. The maximum absolute atomic E-state index is 12.8. The molecule has 1 N–H and O–H groups in total. The summed E-state index contributed by atoms with van der Waals surface area (Å²) in [6.45, 7) is 2.46. The highest BCUT2D eigenvalue weighted by atomic mass is 35.5. The number of fused-ring (bicyclic) bond motifs is 1. The van der Waals surface area contributed by atoms with Crippen molar-refractivity contribution < 1.29 is 4.79 Å². The lowest BCUT2D eigenvalue weighted by molar-refractivity contribution is 0.0767. The Morgan fingerprint density at radius 3 is 2.52 bits per heavy atom. The van der Waals surface area contributed by atoms with E-state index in [1.165, 1.54) is 17.8 Å². The van der Waals surface area contributed by atoms with Gasteiger partial charge in [-0.1, -0.05) is 41.9 Å². The highest BCUT2D eigenvalue weighted by molar-refractivity contribution is 6.30. The first kappa shape index (κ1) is 21.8. The predicted molar refractivity (Wildman–Crippen MR) is 111 cm³/mol. The fourth-order valence-corrected chi connectivity index (χ4v) is 4.51. The van der Waals surface area contributed by atoms with Crippen molar-refractivity contribution in [3.63, 3.8) is 0 Å². The molecule has 27 heavy (non-hydrogen) atoms. The summed E-state index contributed by atoms with van der Waals surface area (Å²) in [5.74, 6) is 0.828. The van der Waals surface area contributed by atoms with Gasteiger partial charge in [0.1, 0.15) is 5.02 Å². The Morgan fingerprint density at radius 1 is 1.15 bits per heavy atom. The maximum Gasteiger partial charge on any atom is 0.266 e. The average molecular weight is 431 g/mol. The smallest absolute Gasteiger partial charge is 0.266 e. The molecule has 0 spiro atoms. The van der Waals surface area contributed by atoms with Gasteiger partial charge in [0.2, 0.25) is 0 Å². The summed E-state index contributed by atoms with van der Waals surface area (Å²) in [7, 11) is 2.16. The van der Waals surface area contributed by atoms with Gasteiger partial charge in [0.05, 0.1) is 5.56 Å². The van der Waals surface area contributed by atoms with Crippen molar-refractivity contribution in [2.75, 3.05) is 26.7 Å². The molecule has 0 bridgehead atoms. The van der Waals surface area contributed by atoms with Gasteiger partial charge in [-0.05, 0) is 24.6 Å². The molecule has 1 amide bonds. The molecule has 1 aromatic carbocycles. The largest absolute Gasteiger partial charge is 0.338 e. The molecular weight excluding hydrogens is 409 g/mol. The number of hydrogen-bond donors (Lipinski definition) is 1. The molecular formula is C19H22Cl3N3O2. The van der Waals surface area contributed by atoms with E-state index in [0.29, 0.717) is 23.4 Å². The van der Waals surface area contributed by atoms with Crippen LogP contribution in [0.1, 0.15) is 22.0 Å². The van der Waals surface area contributed by atoms with Crippen LogP contribution in [0.25, 0.3) is 0 Å². The number of aromatic amines is 1. The van der Waals surface area contributed by atoms with E-state index in [9.17, 15) is 9.59 Å². The van der Waals surface area contributed by atoms with Gasteiger partial charge in [-0.2, -0.15) is 0 Å². The van der Waals surface area contributed by atoms with Gasteiger partial charge in [-0.25, -0.2) is 0 Å². The molecule has 1 aromatic heterocycles. The number of aromatic nitrogens is 1. The first-order valence-electron chi connectivity index (χ1n) is 8.47. The standard InChI is InChI=1S/C19H20ClN3O2.2ClH/c1-22-9-14-10-23(19(25)13-7-16(20)18(24)21-8-13)11-15(14)17(22)12-5-3-2-4-6-12;;/h2-8,14-15,17H,9-11H2,1H3,(H,21,24);2*1H/t14-,15+,17-;;/m0../s1. The van der Waals surface area contributed by atoms with Crippen molar-refractivity contribution in [2.45, 2.75) is 6.04 Å². The number of carbonyl (C=O) groups excluding carboxylic acids is 1. The number of nitrogens with zero attached hydrogens (tertiary/aromatic N) is 2. The zero-order valence-corrected chi connectivity index (χ0v) is 17.2. The number of carbonyl (C=O) groups is 1. The molecule has 0 radical (unpaired) electrons. The van der Waals surface area contributed by atoms with Crippen molar-refractivity contribution in [3.8, 4) is 0 Å². The summed E-state index contributed by atoms with van der Waals surface area (Å²) in [6.07, 6.45) is 1.45. The van der Waals surface area contributed by atoms with Crippen molar-refractivity contribution in [2.24, 2.45) is 11.8 Å². The number of halogens is 3. The lowest BCUT2D eigenvalue weighted by Gasteiger charge is -2.27. The Hall–Kier alpha value is -1.53. The van der Waals surface area contributed by atoms with E-state index in [2.05, 4.69) is 41.2 Å². The predicted octanol–water partition coefficient (Wildman–Crippen LogP) is 3.25. The minimum atomic E-state index is -0.373. The van der Waals surface area contributed by atoms with Crippen molar-refractivity contribution in [1.29, 1.82) is 0 Å². The Morgan fingerprint density at radius 2 is 1.85 bits per heavy atom. The topological polar surface area (TPSA) is 56.4 Å². The third-order valence-corrected chi connectivity index (χ3v) is 5.71. The van der Waals surface area contributed by atoms with Crippen LogP contribution in [0.5, 0.6) is 0 Å². The molecule has 2 aromatic rings. The normalized spacial score (nSPS) is 24.1. The number of nitrogens with one attached hydrogen (secondary N) is 1. The zero-order chi connectivity index (χ0) is 17.6. The fraction of sp³-hybridized carbons (Fsp3) is 0.368. The lowest BCUT2D eigenvalue weighted by atomic mass is 9.90. The van der Waals surface area contributed by atoms with E-state index >= 15 is 0 Å². The molecule has 5 nitrogen and oxygen atoms in total. The first-order valence-corrected chi connectivity index (χ1v) is 8.85. The highest BCUT2D eigenvalue weighted by Crippen LogP contribution is 2.44. The molecule has 2 fully saturated rings. The Bertz CT molecular complexity index is 859. The molecule has 0 unspecified atom stereocenters. The number of pyridine rings is 1. The summed E-state index contributed by atoms with van der Waals surface area (Å²) in [4.78, 5) is 31.0. The van der Waals surface area contributed by atoms with Crippen LogP contribution in [0.2, 0.25) is 5.02 Å². The SMILES string of the molecule is CN1C[C@H]2CN(C(=O)c3c[nH]c(=O)c(Cl)c3)C[C@H]2[C@@H]1c1ccccc1.Cl.Cl. The lowest BCUT2D eigenvalue weighted by Crippen LogP contribution is -2.33. The number of benzene rings is 1. The molecule has 2 aliphatic rings. The number of hydrogen-bond acceptors (Lipinski definition) is 3. The second kappa shape index (κ2) is 8.65. The summed E-state index contributed by atoms with van der Waals surface area (Å²) in [5.41, 5.74) is 1.37. The van der Waals surface area contributed by atoms with Crippen LogP contribution < -0.4 is 5.56 Å². The van der Waals surface area contributed by atoms with Crippen molar-refractivity contribution in [1.82, 2.24) is 14.8 Å². The summed E-state index contributed by atoms with van der Waals surface area (Å²) >= 11 is 5.86. The molecule has 2 saturated heterocycles. The van der Waals surface area contributed by atoms with Crippen LogP contribution in [0, 0.1) is 11.8 Å². The van der Waals surface area contributed by atoms with Crippen molar-refractivity contribution in [3.05, 3.63) is 69.1 Å². The second-order valence-electron chi connectivity index (χ2n) is 6.99. The maximum atomic E-state index is 12.8. The van der Waals surface area contributed by atoms with Gasteiger partial charge >= 0.3 is 0 Å². The minimum Gasteiger partial charge on any atom is -0.338 e. The first-order chi connectivity index (χ1) is 12.0. The van der Waals surface area contributed by atoms with Crippen LogP contribution in [-0.4, -0.2) is 47.4 Å². The summed E-state index contributed by atoms with van der Waals surface area (Å²) in [5, 5.41) is 0.0483. The van der Waals surface area contributed by atoms with Crippen LogP contribution >= 0.6 is 36.4 Å². The molecule has 2 aliphatic heterocycles. The van der Waals surface area contributed by atoms with E-state index in [0.717, 1.165) is 19.6 Å². The van der Waals surface area contributed by atoms with E-state index < -0.39 is 0 Å². The molecule has 8 heteroatoms. The molecule has 0 aliphatic carbocycles. The van der Waals surface area contributed by atoms with Crippen LogP contribution in [-0.2, 0) is 0 Å². The van der Waals surface area contributed by atoms with Gasteiger partial charge in [0.15, 0.2) is 0 Å². The Balaban J connectivity index is 0.00000131. The van der Waals surface area contributed by atoms with E-state index in [1.807, 2.05) is 11.0 Å². The van der Waals surface area contributed by atoms with Gasteiger partial charge in [0, 0.05) is 37.8 Å². The third kappa shape index (κ3) is 4.02. The number of rotatable bonds is 2. The van der Waals surface area contributed by atoms with Crippen molar-refractivity contribution >= 4 is 42.3 Å². The molecule has 3 heterocycles. The Labute approximate surface area is 175 Å². The van der Waals surface area contributed by atoms with Gasteiger partial charge in [-0.3, -0.25) is 14.5 Å². The third-order valence-electron chi connectivity index (χ3n) is 5.43. The average Bonchev–Trinajstić information content (AvgIpc) is 3.14. The van der Waals surface area contributed by atoms with Crippen LogP contribution in [0.3, 0.4) is 0 Å². The Kier molecular flexibility index (Phi) is 6.98. The molecule has 0 saturated carbocycles. The van der Waals surface area contributed by atoms with Crippen LogP contribution in [0.15, 0.2) is 47.4 Å². The molecule has 3 atom stereocenters. The molecule has 4 rings (SSSR count). The number of H-pyrrole nitrogens is 1. The minimum absolute atomic E-state index is 0. The second-order valence-corrected chi connectivity index (χ2v) is 7.40. The fourth-order valence-electron chi connectivity index (χ4n) is 4.34. The number of amides is 1. The van der Waals surface area contributed by atoms with Gasteiger partial charge in [-0.15, -0.1) is 24.8 Å². The quantitative estimate of drug-likeness (QED) is 0.796.